The molecule has 100 valence electrons. The maximum atomic E-state index is 12.1. The summed E-state index contributed by atoms with van der Waals surface area (Å²) in [6.07, 6.45) is 7.34. The Hall–Kier alpha value is -1.43. The van der Waals surface area contributed by atoms with E-state index >= 15 is 0 Å². The van der Waals surface area contributed by atoms with E-state index in [1.807, 2.05) is 0 Å². The normalized spacial score (nSPS) is 18.6. The van der Waals surface area contributed by atoms with E-state index < -0.39 is 0 Å². The van der Waals surface area contributed by atoms with Crippen LogP contribution in [0.3, 0.4) is 0 Å². The molecule has 1 aliphatic rings. The third kappa shape index (κ3) is 3.07. The first kappa shape index (κ1) is 13.0. The van der Waals surface area contributed by atoms with Gasteiger partial charge in [-0.05, 0) is 19.8 Å². The molecule has 3 N–H and O–H groups in total. The lowest BCUT2D eigenvalue weighted by molar-refractivity contribution is 0.0877. The number of rotatable bonds is 4. The van der Waals surface area contributed by atoms with Crippen molar-refractivity contribution in [2.45, 2.75) is 51.1 Å². The number of nitrogens with zero attached hydrogens (tertiary/aromatic N) is 3. The summed E-state index contributed by atoms with van der Waals surface area (Å²) in [7, 11) is 0. The van der Waals surface area contributed by atoms with Crippen LogP contribution >= 0.6 is 0 Å². The molecular formula is C12H21N5O. The Labute approximate surface area is 107 Å². The minimum Gasteiger partial charge on any atom is -0.345 e. The average Bonchev–Trinajstić information content (AvgIpc) is 2.78. The zero-order valence-electron chi connectivity index (χ0n) is 10.9. The van der Waals surface area contributed by atoms with Crippen LogP contribution < -0.4 is 11.1 Å². The largest absolute Gasteiger partial charge is 0.345 e. The van der Waals surface area contributed by atoms with Crippen molar-refractivity contribution < 1.29 is 4.79 Å². The van der Waals surface area contributed by atoms with Crippen molar-refractivity contribution in [3.05, 3.63) is 11.9 Å². The summed E-state index contributed by atoms with van der Waals surface area (Å²) in [6.45, 7) is 3.17. The van der Waals surface area contributed by atoms with Gasteiger partial charge in [0.15, 0.2) is 5.69 Å². The van der Waals surface area contributed by atoms with Crippen LogP contribution in [0.4, 0.5) is 0 Å². The number of hydrogen-bond acceptors (Lipinski definition) is 4. The molecule has 0 radical (unpaired) electrons. The van der Waals surface area contributed by atoms with E-state index in [1.165, 1.54) is 19.3 Å². The first-order chi connectivity index (χ1) is 8.63. The summed E-state index contributed by atoms with van der Waals surface area (Å²) in [6, 6.07) is 0. The molecule has 1 heterocycles. The van der Waals surface area contributed by atoms with E-state index in [4.69, 9.17) is 5.73 Å². The van der Waals surface area contributed by atoms with Gasteiger partial charge in [0.25, 0.3) is 5.91 Å². The zero-order valence-corrected chi connectivity index (χ0v) is 10.9. The number of carbonyl (C=O) groups excluding carboxylic acids is 1. The van der Waals surface area contributed by atoms with Crippen LogP contribution in [-0.2, 0) is 6.54 Å². The molecule has 1 aliphatic carbocycles. The highest BCUT2D eigenvalue weighted by Crippen LogP contribution is 2.27. The molecule has 1 saturated carbocycles. The Morgan fingerprint density at radius 1 is 1.50 bits per heavy atom. The van der Waals surface area contributed by atoms with E-state index in [1.54, 1.807) is 10.9 Å². The van der Waals surface area contributed by atoms with Crippen molar-refractivity contribution in [3.8, 4) is 0 Å². The van der Waals surface area contributed by atoms with E-state index in [0.29, 0.717) is 18.8 Å². The third-order valence-corrected chi connectivity index (χ3v) is 3.50. The Kier molecular flexibility index (Phi) is 3.96. The molecule has 1 aromatic heterocycles. The topological polar surface area (TPSA) is 85.8 Å². The second-order valence-electron chi connectivity index (χ2n) is 5.23. The number of amides is 1. The fourth-order valence-corrected chi connectivity index (χ4v) is 2.44. The van der Waals surface area contributed by atoms with Crippen molar-refractivity contribution in [2.75, 3.05) is 6.54 Å². The van der Waals surface area contributed by atoms with Crippen molar-refractivity contribution >= 4 is 5.91 Å². The van der Waals surface area contributed by atoms with Crippen molar-refractivity contribution in [1.29, 1.82) is 0 Å². The van der Waals surface area contributed by atoms with Crippen molar-refractivity contribution in [1.82, 2.24) is 20.3 Å². The van der Waals surface area contributed by atoms with E-state index in [9.17, 15) is 4.79 Å². The number of hydrogen-bond donors (Lipinski definition) is 2. The molecule has 1 aromatic rings. The average molecular weight is 251 g/mol. The SMILES string of the molecule is CC1(NC(=O)c2cn(CCN)nn2)CCCCC1. The summed E-state index contributed by atoms with van der Waals surface area (Å²) in [4.78, 5) is 12.1. The van der Waals surface area contributed by atoms with Crippen LogP contribution in [0.5, 0.6) is 0 Å². The third-order valence-electron chi connectivity index (χ3n) is 3.50. The maximum absolute atomic E-state index is 12.1. The number of carbonyl (C=O) groups is 1. The Bertz CT molecular complexity index is 408. The molecule has 0 atom stereocenters. The lowest BCUT2D eigenvalue weighted by Gasteiger charge is -2.34. The van der Waals surface area contributed by atoms with Crippen LogP contribution in [0.15, 0.2) is 6.20 Å². The smallest absolute Gasteiger partial charge is 0.273 e. The zero-order chi connectivity index (χ0) is 13.0. The molecule has 6 heteroatoms. The van der Waals surface area contributed by atoms with Gasteiger partial charge in [-0.25, -0.2) is 0 Å². The molecule has 0 saturated heterocycles. The van der Waals surface area contributed by atoms with Gasteiger partial charge in [0.1, 0.15) is 0 Å². The summed E-state index contributed by atoms with van der Waals surface area (Å²) in [5, 5.41) is 10.8. The molecule has 1 amide bonds. The molecule has 18 heavy (non-hydrogen) atoms. The first-order valence-electron chi connectivity index (χ1n) is 6.56. The minimum atomic E-state index is -0.136. The van der Waals surface area contributed by atoms with Crippen LogP contribution in [0.25, 0.3) is 0 Å². The number of nitrogens with two attached hydrogens (primary N) is 1. The van der Waals surface area contributed by atoms with Gasteiger partial charge < -0.3 is 11.1 Å². The summed E-state index contributed by atoms with van der Waals surface area (Å²) in [5.41, 5.74) is 5.71. The first-order valence-corrected chi connectivity index (χ1v) is 6.56. The Morgan fingerprint density at radius 3 is 2.89 bits per heavy atom. The molecule has 0 aromatic carbocycles. The minimum absolute atomic E-state index is 0.0903. The highest BCUT2D eigenvalue weighted by Gasteiger charge is 2.29. The molecule has 0 unspecified atom stereocenters. The fourth-order valence-electron chi connectivity index (χ4n) is 2.44. The number of nitrogens with one attached hydrogen (secondary N) is 1. The van der Waals surface area contributed by atoms with Gasteiger partial charge in [-0.3, -0.25) is 9.48 Å². The highest BCUT2D eigenvalue weighted by molar-refractivity contribution is 5.92. The molecule has 1 fully saturated rings. The Morgan fingerprint density at radius 2 is 2.22 bits per heavy atom. The van der Waals surface area contributed by atoms with Gasteiger partial charge in [0, 0.05) is 12.1 Å². The van der Waals surface area contributed by atoms with Crippen LogP contribution in [0.1, 0.15) is 49.5 Å². The summed E-state index contributed by atoms with van der Waals surface area (Å²) in [5.74, 6) is -0.136. The van der Waals surface area contributed by atoms with Crippen LogP contribution in [0, 0.1) is 0 Å². The van der Waals surface area contributed by atoms with Gasteiger partial charge >= 0.3 is 0 Å². The molecule has 0 bridgehead atoms. The van der Waals surface area contributed by atoms with Gasteiger partial charge in [-0.2, -0.15) is 0 Å². The van der Waals surface area contributed by atoms with Crippen molar-refractivity contribution in [2.24, 2.45) is 5.73 Å². The molecule has 0 aliphatic heterocycles. The fraction of sp³-hybridized carbons (Fsp3) is 0.750. The second-order valence-corrected chi connectivity index (χ2v) is 5.23. The van der Waals surface area contributed by atoms with Crippen molar-refractivity contribution in [3.63, 3.8) is 0 Å². The van der Waals surface area contributed by atoms with E-state index in [0.717, 1.165) is 12.8 Å². The predicted molar refractivity (Wildman–Crippen MR) is 68.0 cm³/mol. The van der Waals surface area contributed by atoms with Crippen LogP contribution in [0.2, 0.25) is 0 Å². The van der Waals surface area contributed by atoms with E-state index in [-0.39, 0.29) is 11.4 Å². The standard InChI is InChI=1S/C12H21N5O/c1-12(5-3-2-4-6-12)14-11(18)10-9-17(8-7-13)16-15-10/h9H,2-8,13H2,1H3,(H,14,18). The maximum Gasteiger partial charge on any atom is 0.273 e. The summed E-state index contributed by atoms with van der Waals surface area (Å²) >= 11 is 0. The molecular weight excluding hydrogens is 230 g/mol. The quantitative estimate of drug-likeness (QED) is 0.824. The van der Waals surface area contributed by atoms with Gasteiger partial charge in [0.05, 0.1) is 12.7 Å². The predicted octanol–water partition coefficient (Wildman–Crippen LogP) is 0.689. The summed E-state index contributed by atoms with van der Waals surface area (Å²) < 4.78 is 1.60. The van der Waals surface area contributed by atoms with E-state index in [2.05, 4.69) is 22.6 Å². The highest BCUT2D eigenvalue weighted by atomic mass is 16.2. The van der Waals surface area contributed by atoms with Crippen LogP contribution in [-0.4, -0.2) is 33.0 Å². The van der Waals surface area contributed by atoms with Gasteiger partial charge in [-0.1, -0.05) is 24.5 Å². The molecule has 0 spiro atoms. The number of aromatic nitrogens is 3. The Balaban J connectivity index is 1.97. The second kappa shape index (κ2) is 5.48. The van der Waals surface area contributed by atoms with Gasteiger partial charge in [0.2, 0.25) is 0 Å². The lowest BCUT2D eigenvalue weighted by atomic mass is 9.83. The molecule has 6 nitrogen and oxygen atoms in total. The van der Waals surface area contributed by atoms with Gasteiger partial charge in [-0.15, -0.1) is 5.10 Å². The molecule has 2 rings (SSSR count). The lowest BCUT2D eigenvalue weighted by Crippen LogP contribution is -2.47. The monoisotopic (exact) mass is 251 g/mol.